The molecule has 2 saturated heterocycles. The molecule has 226 valence electrons. The molecule has 0 radical (unpaired) electrons. The number of ether oxygens (including phenoxy) is 1. The first kappa shape index (κ1) is 29.0. The molecule has 1 saturated carbocycles. The van der Waals surface area contributed by atoms with Crippen molar-refractivity contribution in [2.24, 2.45) is 0 Å². The number of benzene rings is 1. The number of carbonyl (C=O) groups is 1. The summed E-state index contributed by atoms with van der Waals surface area (Å²) in [5.41, 5.74) is 3.30. The van der Waals surface area contributed by atoms with E-state index in [-0.39, 0.29) is 17.4 Å². The minimum absolute atomic E-state index is 0.0154. The van der Waals surface area contributed by atoms with Crippen LogP contribution in [0.25, 0.3) is 16.7 Å². The van der Waals surface area contributed by atoms with E-state index in [2.05, 4.69) is 14.5 Å². The number of hydrogen-bond acceptors (Lipinski definition) is 8. The number of pyridine rings is 1. The normalized spacial score (nSPS) is 19.4. The summed E-state index contributed by atoms with van der Waals surface area (Å²) < 4.78 is 49.6. The summed E-state index contributed by atoms with van der Waals surface area (Å²) in [5, 5.41) is 5.90. The minimum atomic E-state index is -4.03. The van der Waals surface area contributed by atoms with Gasteiger partial charge in [-0.2, -0.15) is 17.8 Å². The molecule has 1 amide bonds. The molecular formula is C29H38FN7O4S. The van der Waals surface area contributed by atoms with Gasteiger partial charge in [0.2, 0.25) is 0 Å². The van der Waals surface area contributed by atoms with Crippen molar-refractivity contribution < 1.29 is 22.3 Å². The molecule has 3 aromatic rings. The van der Waals surface area contributed by atoms with Crippen LogP contribution in [-0.4, -0.2) is 97.8 Å². The van der Waals surface area contributed by atoms with Crippen molar-refractivity contribution in [3.63, 3.8) is 0 Å². The molecule has 0 unspecified atom stereocenters. The van der Waals surface area contributed by atoms with Crippen LogP contribution < -0.4 is 9.62 Å². The number of morpholine rings is 1. The van der Waals surface area contributed by atoms with E-state index in [0.717, 1.165) is 92.6 Å². The van der Waals surface area contributed by atoms with Crippen LogP contribution in [0.15, 0.2) is 24.3 Å². The minimum Gasteiger partial charge on any atom is -0.379 e. The summed E-state index contributed by atoms with van der Waals surface area (Å²) in [6.45, 7) is 6.64. The maximum Gasteiger partial charge on any atom is 0.303 e. The van der Waals surface area contributed by atoms with Crippen molar-refractivity contribution in [1.29, 1.82) is 0 Å². The molecule has 2 aromatic heterocycles. The lowest BCUT2D eigenvalue weighted by Crippen LogP contribution is -2.49. The third-order valence-electron chi connectivity index (χ3n) is 8.82. The maximum atomic E-state index is 14.2. The second kappa shape index (κ2) is 11.5. The summed E-state index contributed by atoms with van der Waals surface area (Å²) >= 11 is 0. The SMILES string of the molecule is Cc1cc(-n2nc(C3CCC3)c3c(N4CCC(N5CCOCC5)CC4)cc(C(=O)NS(=O)(=O)N(C)C)nc32)ccc1F. The number of rotatable bonds is 7. The number of nitrogens with one attached hydrogen (secondary N) is 1. The molecule has 1 aliphatic carbocycles. The topological polar surface area (TPSA) is 113 Å². The third-order valence-corrected chi connectivity index (χ3v) is 10.2. The molecular weight excluding hydrogens is 561 g/mol. The first-order chi connectivity index (χ1) is 20.1. The van der Waals surface area contributed by atoms with E-state index in [9.17, 15) is 17.6 Å². The number of amides is 1. The largest absolute Gasteiger partial charge is 0.379 e. The van der Waals surface area contributed by atoms with E-state index in [4.69, 9.17) is 14.8 Å². The molecule has 0 atom stereocenters. The lowest BCUT2D eigenvalue weighted by atomic mass is 9.82. The van der Waals surface area contributed by atoms with E-state index in [1.807, 2.05) is 0 Å². The average Bonchev–Trinajstić information content (AvgIpc) is 3.32. The van der Waals surface area contributed by atoms with Gasteiger partial charge in [0, 0.05) is 52.2 Å². The number of fused-ring (bicyclic) bond motifs is 1. The van der Waals surface area contributed by atoms with Crippen molar-refractivity contribution in [2.45, 2.75) is 51.0 Å². The number of piperidine rings is 1. The molecule has 13 heteroatoms. The number of nitrogens with zero attached hydrogens (tertiary/aromatic N) is 6. The van der Waals surface area contributed by atoms with Gasteiger partial charge < -0.3 is 9.64 Å². The molecule has 1 aromatic carbocycles. The van der Waals surface area contributed by atoms with Gasteiger partial charge in [-0.1, -0.05) is 6.42 Å². The summed E-state index contributed by atoms with van der Waals surface area (Å²) in [4.78, 5) is 22.9. The Kier molecular flexibility index (Phi) is 7.94. The predicted molar refractivity (Wildman–Crippen MR) is 158 cm³/mol. The van der Waals surface area contributed by atoms with Crippen LogP contribution in [0.4, 0.5) is 10.1 Å². The van der Waals surface area contributed by atoms with Gasteiger partial charge in [-0.3, -0.25) is 9.69 Å². The van der Waals surface area contributed by atoms with E-state index in [1.165, 1.54) is 20.2 Å². The summed E-state index contributed by atoms with van der Waals surface area (Å²) in [5.74, 6) is -0.876. The van der Waals surface area contributed by atoms with E-state index < -0.39 is 16.1 Å². The number of aromatic nitrogens is 3. The first-order valence-electron chi connectivity index (χ1n) is 14.6. The standard InChI is InChI=1S/C29H38FN7O4S/c1-19-17-22(7-8-23(19)30)37-28-26(27(32-37)20-5-4-6-20)25(18-24(31-28)29(38)33-42(39,40)34(2)3)36-11-9-21(10-12-36)35-13-15-41-16-14-35/h7-8,17-18,20-21H,4-6,9-16H2,1-3H3,(H,33,38). The van der Waals surface area contributed by atoms with Gasteiger partial charge in [-0.05, 0) is 62.4 Å². The van der Waals surface area contributed by atoms with Crippen LogP contribution >= 0.6 is 0 Å². The maximum absolute atomic E-state index is 14.2. The fourth-order valence-corrected chi connectivity index (χ4v) is 6.59. The molecule has 42 heavy (non-hydrogen) atoms. The summed E-state index contributed by atoms with van der Waals surface area (Å²) in [7, 11) is -1.32. The number of hydrogen-bond donors (Lipinski definition) is 1. The van der Waals surface area contributed by atoms with Crippen LogP contribution in [0.1, 0.15) is 59.8 Å². The van der Waals surface area contributed by atoms with Crippen LogP contribution in [-0.2, 0) is 14.9 Å². The Morgan fingerprint density at radius 3 is 2.40 bits per heavy atom. The number of halogens is 1. The van der Waals surface area contributed by atoms with Gasteiger partial charge in [0.15, 0.2) is 5.65 Å². The molecule has 0 bridgehead atoms. The van der Waals surface area contributed by atoms with E-state index >= 15 is 0 Å². The zero-order chi connectivity index (χ0) is 29.6. The fraction of sp³-hybridized carbons (Fsp3) is 0.552. The monoisotopic (exact) mass is 599 g/mol. The van der Waals surface area contributed by atoms with Crippen molar-refractivity contribution in [1.82, 2.24) is 28.7 Å². The molecule has 2 aliphatic heterocycles. The van der Waals surface area contributed by atoms with E-state index in [1.54, 1.807) is 29.8 Å². The Balaban J connectivity index is 1.46. The predicted octanol–water partition coefficient (Wildman–Crippen LogP) is 2.97. The summed E-state index contributed by atoms with van der Waals surface area (Å²) in [6.07, 6.45) is 5.06. The average molecular weight is 600 g/mol. The Hall–Kier alpha value is -3.13. The quantitative estimate of drug-likeness (QED) is 0.441. The first-order valence-corrected chi connectivity index (χ1v) is 16.1. The Morgan fingerprint density at radius 2 is 1.79 bits per heavy atom. The zero-order valence-electron chi connectivity index (χ0n) is 24.3. The Bertz CT molecular complexity index is 1590. The molecule has 1 N–H and O–H groups in total. The second-order valence-electron chi connectivity index (χ2n) is 11.7. The van der Waals surface area contributed by atoms with Crippen molar-refractivity contribution in [3.05, 3.63) is 47.0 Å². The van der Waals surface area contributed by atoms with Crippen LogP contribution in [0.2, 0.25) is 0 Å². The number of aryl methyl sites for hydroxylation is 1. The van der Waals surface area contributed by atoms with Crippen LogP contribution in [0, 0.1) is 12.7 Å². The molecule has 6 rings (SSSR count). The Labute approximate surface area is 245 Å². The zero-order valence-corrected chi connectivity index (χ0v) is 25.2. The van der Waals surface area contributed by atoms with Crippen LogP contribution in [0.5, 0.6) is 0 Å². The molecule has 3 aliphatic rings. The number of anilines is 1. The highest BCUT2D eigenvalue weighted by Crippen LogP contribution is 2.43. The molecule has 11 nitrogen and oxygen atoms in total. The summed E-state index contributed by atoms with van der Waals surface area (Å²) in [6, 6.07) is 6.94. The van der Waals surface area contributed by atoms with Gasteiger partial charge in [-0.25, -0.2) is 18.8 Å². The van der Waals surface area contributed by atoms with E-state index in [0.29, 0.717) is 22.9 Å². The van der Waals surface area contributed by atoms with Gasteiger partial charge in [0.25, 0.3) is 5.91 Å². The third kappa shape index (κ3) is 5.50. The Morgan fingerprint density at radius 1 is 1.07 bits per heavy atom. The smallest absolute Gasteiger partial charge is 0.303 e. The van der Waals surface area contributed by atoms with Gasteiger partial charge in [0.1, 0.15) is 11.5 Å². The lowest BCUT2D eigenvalue weighted by Gasteiger charge is -2.41. The van der Waals surface area contributed by atoms with Crippen molar-refractivity contribution in [2.75, 3.05) is 58.4 Å². The van der Waals surface area contributed by atoms with Crippen molar-refractivity contribution >= 4 is 32.8 Å². The van der Waals surface area contributed by atoms with Gasteiger partial charge in [0.05, 0.1) is 35.7 Å². The molecule has 4 heterocycles. The van der Waals surface area contributed by atoms with Gasteiger partial charge >= 0.3 is 10.2 Å². The highest BCUT2D eigenvalue weighted by Gasteiger charge is 2.33. The number of carbonyl (C=O) groups excluding carboxylic acids is 1. The van der Waals surface area contributed by atoms with Crippen LogP contribution in [0.3, 0.4) is 0 Å². The van der Waals surface area contributed by atoms with Crippen molar-refractivity contribution in [3.8, 4) is 5.69 Å². The highest BCUT2D eigenvalue weighted by molar-refractivity contribution is 7.87. The fourth-order valence-electron chi connectivity index (χ4n) is 6.07. The lowest BCUT2D eigenvalue weighted by molar-refractivity contribution is 0.0115. The molecule has 3 fully saturated rings. The van der Waals surface area contributed by atoms with Gasteiger partial charge in [-0.15, -0.1) is 0 Å². The molecule has 0 spiro atoms. The second-order valence-corrected chi connectivity index (χ2v) is 13.6. The highest BCUT2D eigenvalue weighted by atomic mass is 32.2.